The zero-order chi connectivity index (χ0) is 41.4. The lowest BCUT2D eigenvalue weighted by Gasteiger charge is -2.16. The van der Waals surface area contributed by atoms with Crippen LogP contribution in [0.2, 0.25) is 0 Å². The number of rotatable bonds is 27. The first-order chi connectivity index (χ1) is 27.7. The first kappa shape index (κ1) is 47.2. The smallest absolute Gasteiger partial charge is 0.213 e. The molecule has 0 spiro atoms. The van der Waals surface area contributed by atoms with Gasteiger partial charge in [-0.05, 0) is 53.7 Å². The number of azo groups is 3. The van der Waals surface area contributed by atoms with Crippen molar-refractivity contribution in [3.8, 4) is 17.2 Å². The van der Waals surface area contributed by atoms with Gasteiger partial charge in [0, 0.05) is 16.7 Å². The summed E-state index contributed by atoms with van der Waals surface area (Å²) in [5.41, 5.74) is 4.97. The lowest BCUT2D eigenvalue weighted by Crippen LogP contribution is -2.04. The second kappa shape index (κ2) is 26.7. The van der Waals surface area contributed by atoms with Crippen LogP contribution in [-0.4, -0.2) is 25.6 Å². The highest BCUT2D eigenvalue weighted by atomic mass is 28.1. The zero-order valence-electron chi connectivity index (χ0n) is 36.2. The van der Waals surface area contributed by atoms with Gasteiger partial charge in [0.2, 0.25) is 5.82 Å². The summed E-state index contributed by atoms with van der Waals surface area (Å²) in [4.78, 5) is 0. The van der Waals surface area contributed by atoms with Crippen LogP contribution in [0.25, 0.3) is 0 Å². The minimum Gasteiger partial charge on any atom is -0.507 e. The molecule has 0 aromatic heterocycles. The highest BCUT2D eigenvalue weighted by Gasteiger charge is 2.16. The number of nitrogens with zero attached hydrogens (tertiary/aromatic N) is 6. The Morgan fingerprint density at radius 3 is 1.07 bits per heavy atom. The average Bonchev–Trinajstić information content (AvgIpc) is 3.22. The molecule has 0 saturated heterocycles. The van der Waals surface area contributed by atoms with Gasteiger partial charge in [0.1, 0.15) is 17.2 Å². The van der Waals surface area contributed by atoms with Crippen LogP contribution in [0.4, 0.5) is 0 Å². The number of benzene rings is 3. The van der Waals surface area contributed by atoms with Gasteiger partial charge in [0.05, 0.1) is 35.2 Å². The molecule has 57 heavy (non-hydrogen) atoms. The molecule has 0 aliphatic heterocycles. The first-order valence-corrected chi connectivity index (χ1v) is 22.9. The normalized spacial score (nSPS) is 13.6. The summed E-state index contributed by atoms with van der Waals surface area (Å²) in [6.07, 6.45) is 16.3. The van der Waals surface area contributed by atoms with Gasteiger partial charge < -0.3 is 15.3 Å². The van der Waals surface area contributed by atoms with E-state index in [4.69, 9.17) is 0 Å². The van der Waals surface area contributed by atoms with E-state index in [1.165, 1.54) is 25.7 Å². The van der Waals surface area contributed by atoms with Crippen molar-refractivity contribution in [1.82, 2.24) is 0 Å². The molecule has 0 aliphatic carbocycles. The quantitative estimate of drug-likeness (QED) is 0.0523. The van der Waals surface area contributed by atoms with Gasteiger partial charge in [-0.1, -0.05) is 173 Å². The average molecular weight is 797 g/mol. The van der Waals surface area contributed by atoms with Crippen molar-refractivity contribution in [2.45, 2.75) is 157 Å². The molecule has 3 aromatic rings. The number of unbranched alkanes of at least 4 members (excludes halogenated alkanes) is 3. The van der Waals surface area contributed by atoms with E-state index in [9.17, 15) is 15.3 Å². The molecule has 0 amide bonds. The highest BCUT2D eigenvalue weighted by Crippen LogP contribution is 2.31. The molecule has 3 aromatic carbocycles. The van der Waals surface area contributed by atoms with Crippen molar-refractivity contribution < 1.29 is 15.3 Å². The van der Waals surface area contributed by atoms with Gasteiger partial charge in [0.25, 0.3) is 0 Å². The molecule has 0 radical (unpaired) electrons. The summed E-state index contributed by atoms with van der Waals surface area (Å²) >= 11 is 0. The molecule has 3 N–H and O–H groups in total. The van der Waals surface area contributed by atoms with Crippen molar-refractivity contribution in [1.29, 1.82) is 0 Å². The van der Waals surface area contributed by atoms with Gasteiger partial charge in [-0.3, -0.25) is 0 Å². The number of hydrogen-bond donors (Lipinski definition) is 3. The lowest BCUT2D eigenvalue weighted by molar-refractivity contribution is 0.423. The van der Waals surface area contributed by atoms with Crippen LogP contribution in [0.15, 0.2) is 96.4 Å². The second-order valence-corrected chi connectivity index (χ2v) is 16.7. The van der Waals surface area contributed by atoms with E-state index in [1.54, 1.807) is 0 Å². The van der Waals surface area contributed by atoms with Crippen LogP contribution < -0.4 is 0 Å². The van der Waals surface area contributed by atoms with Gasteiger partial charge in [0.15, 0.2) is 0 Å². The Kier molecular flexibility index (Phi) is 22.1. The summed E-state index contributed by atoms with van der Waals surface area (Å²) in [5.74, 6) is 2.67. The van der Waals surface area contributed by atoms with Crippen molar-refractivity contribution in [2.75, 3.05) is 0 Å². The predicted octanol–water partition coefficient (Wildman–Crippen LogP) is 12.8. The van der Waals surface area contributed by atoms with Crippen molar-refractivity contribution in [2.24, 2.45) is 48.4 Å². The van der Waals surface area contributed by atoms with E-state index in [2.05, 4.69) is 72.2 Å². The van der Waals surface area contributed by atoms with Crippen LogP contribution >= 0.6 is 0 Å². The summed E-state index contributed by atoms with van der Waals surface area (Å²) in [6, 6.07) is 17.6. The number of aromatic hydroxyl groups is 3. The molecule has 10 heteroatoms. The molecule has 3 unspecified atom stereocenters. The van der Waals surface area contributed by atoms with E-state index in [0.717, 1.165) is 92.9 Å². The highest BCUT2D eigenvalue weighted by molar-refractivity contribution is 6.21. The van der Waals surface area contributed by atoms with Crippen molar-refractivity contribution >= 4 is 10.2 Å². The Hall–Kier alpha value is -4.18. The Morgan fingerprint density at radius 2 is 0.772 bits per heavy atom. The number of phenols is 3. The van der Waals surface area contributed by atoms with E-state index in [0.29, 0.717) is 50.2 Å². The molecule has 0 saturated carbocycles. The predicted molar refractivity (Wildman–Crippen MR) is 238 cm³/mol. The van der Waals surface area contributed by atoms with E-state index < -0.39 is 0 Å². The molecular weight excluding hydrogens is 725 g/mol. The maximum atomic E-state index is 11.2. The Morgan fingerprint density at radius 1 is 0.474 bits per heavy atom. The lowest BCUT2D eigenvalue weighted by atomic mass is 9.91. The first-order valence-electron chi connectivity index (χ1n) is 21.9. The van der Waals surface area contributed by atoms with Crippen LogP contribution in [0.3, 0.4) is 0 Å². The molecule has 3 rings (SSSR count). The summed E-state index contributed by atoms with van der Waals surface area (Å²) in [7, 11) is 0.460. The van der Waals surface area contributed by atoms with Crippen LogP contribution in [0.5, 0.6) is 17.2 Å². The molecule has 0 fully saturated rings. The Labute approximate surface area is 346 Å². The van der Waals surface area contributed by atoms with Crippen LogP contribution in [-0.2, 0) is 38.9 Å². The molecule has 0 bridgehead atoms. The molecule has 9 nitrogen and oxygen atoms in total. The number of phenolic OH excluding ortho intramolecular Hbond substituents is 3. The fraction of sp³-hybridized carbons (Fsp3) is 0.574. The molecule has 312 valence electrons. The third-order valence-electron chi connectivity index (χ3n) is 11.4. The van der Waals surface area contributed by atoms with E-state index in [1.807, 2.05) is 54.6 Å². The minimum absolute atomic E-state index is 0.174. The molecular formula is C47H72N6O3Si. The standard InChI is InChI=1S/C47H72N6O3Si/c1-7-13-19-34(10-4)28-37-22-16-25-40(43(37)54)31-48-51-46(52-49-32-41-26-17-23-38(44(41)55)29-35(11-5)20-14-8-2)47(57)53-50-33-42-27-18-24-39(45(42)56)30-36(12-6)21-15-9-3/h16-18,22-27,34-36,54-56H,7-15,19-21,28-33H2,1-6,57H3/b47-46?,51-48+,52-49+,53-50+. The van der Waals surface area contributed by atoms with Gasteiger partial charge in [-0.25, -0.2) is 0 Å². The monoisotopic (exact) mass is 797 g/mol. The maximum Gasteiger partial charge on any atom is 0.213 e. The van der Waals surface area contributed by atoms with E-state index in [-0.39, 0.29) is 37.0 Å². The Bertz CT molecular complexity index is 1680. The van der Waals surface area contributed by atoms with Gasteiger partial charge in [-0.2, -0.15) is 20.5 Å². The molecule has 0 aliphatic rings. The second-order valence-electron chi connectivity index (χ2n) is 15.7. The zero-order valence-corrected chi connectivity index (χ0v) is 38.2. The van der Waals surface area contributed by atoms with E-state index >= 15 is 0 Å². The molecule has 3 atom stereocenters. The topological polar surface area (TPSA) is 135 Å². The third-order valence-corrected chi connectivity index (χ3v) is 12.0. The van der Waals surface area contributed by atoms with Crippen LogP contribution in [0, 0.1) is 17.8 Å². The largest absolute Gasteiger partial charge is 0.507 e. The van der Waals surface area contributed by atoms with Gasteiger partial charge >= 0.3 is 0 Å². The Balaban J connectivity index is 1.87. The summed E-state index contributed by atoms with van der Waals surface area (Å²) < 4.78 is 0. The summed E-state index contributed by atoms with van der Waals surface area (Å²) in [6.45, 7) is 13.8. The number of hydrogen-bond acceptors (Lipinski definition) is 9. The van der Waals surface area contributed by atoms with Crippen molar-refractivity contribution in [3.05, 3.63) is 99.1 Å². The van der Waals surface area contributed by atoms with Crippen molar-refractivity contribution in [3.63, 3.8) is 0 Å². The minimum atomic E-state index is 0.174. The SMILES string of the molecule is CCCCC(CC)Cc1cccc(C/N=N/C([SiH3])=C(/N=N/Cc2cccc(CC(CC)CCCC)c2O)/N=N/Cc2cccc(CC(CC)CCCC)c2O)c1O. The van der Waals surface area contributed by atoms with Gasteiger partial charge in [-0.15, -0.1) is 10.2 Å². The van der Waals surface area contributed by atoms with Crippen LogP contribution in [0.1, 0.15) is 152 Å². The fourth-order valence-corrected chi connectivity index (χ4v) is 7.70. The fourth-order valence-electron chi connectivity index (χ4n) is 7.36. The maximum absolute atomic E-state index is 11.2. The third kappa shape index (κ3) is 15.9. The summed E-state index contributed by atoms with van der Waals surface area (Å²) in [5, 5.41) is 61.0. The molecule has 0 heterocycles. The number of para-hydroxylation sites is 3.